The molecule has 5 heteroatoms. The zero-order valence-corrected chi connectivity index (χ0v) is 14.2. The lowest BCUT2D eigenvalue weighted by Crippen LogP contribution is -2.38. The number of carbonyl (C=O) groups excluding carboxylic acids is 3. The number of carbonyl (C=O) groups is 3. The summed E-state index contributed by atoms with van der Waals surface area (Å²) in [4.78, 5) is 36.0. The van der Waals surface area contributed by atoms with Crippen molar-refractivity contribution in [2.75, 3.05) is 0 Å². The SMILES string of the molecule is C=C1NC(=O)CCC1C(C)C(C)C(=O)c1cccc(F)c1C(C)=O. The lowest BCUT2D eigenvalue weighted by atomic mass is 9.75. The van der Waals surface area contributed by atoms with E-state index in [0.717, 1.165) is 0 Å². The molecule has 0 bridgehead atoms. The first kappa shape index (κ1) is 18.0. The third-order valence-corrected chi connectivity index (χ3v) is 4.90. The Morgan fingerprint density at radius 1 is 1.33 bits per heavy atom. The molecule has 1 N–H and O–H groups in total. The van der Waals surface area contributed by atoms with Crippen molar-refractivity contribution in [1.82, 2.24) is 5.32 Å². The van der Waals surface area contributed by atoms with E-state index in [1.165, 1.54) is 25.1 Å². The molecule has 0 saturated carbocycles. The van der Waals surface area contributed by atoms with Crippen LogP contribution in [0.5, 0.6) is 0 Å². The number of halogens is 1. The van der Waals surface area contributed by atoms with E-state index in [9.17, 15) is 18.8 Å². The van der Waals surface area contributed by atoms with Crippen LogP contribution in [0.25, 0.3) is 0 Å². The molecule has 1 saturated heterocycles. The summed E-state index contributed by atoms with van der Waals surface area (Å²) >= 11 is 0. The van der Waals surface area contributed by atoms with E-state index in [2.05, 4.69) is 11.9 Å². The first-order valence-electron chi connectivity index (χ1n) is 8.06. The maximum atomic E-state index is 14.0. The zero-order chi connectivity index (χ0) is 18.0. The second-order valence-corrected chi connectivity index (χ2v) is 6.45. The van der Waals surface area contributed by atoms with Gasteiger partial charge in [-0.15, -0.1) is 0 Å². The highest BCUT2D eigenvalue weighted by molar-refractivity contribution is 6.09. The molecule has 3 unspecified atom stereocenters. The van der Waals surface area contributed by atoms with Gasteiger partial charge in [-0.2, -0.15) is 0 Å². The minimum absolute atomic E-state index is 0.0176. The Balaban J connectivity index is 2.27. The third-order valence-electron chi connectivity index (χ3n) is 4.90. The van der Waals surface area contributed by atoms with Crippen molar-refractivity contribution in [2.24, 2.45) is 17.8 Å². The monoisotopic (exact) mass is 331 g/mol. The van der Waals surface area contributed by atoms with Gasteiger partial charge in [0.2, 0.25) is 5.91 Å². The van der Waals surface area contributed by atoms with Crippen LogP contribution in [-0.2, 0) is 4.79 Å². The van der Waals surface area contributed by atoms with Crippen molar-refractivity contribution in [3.8, 4) is 0 Å². The molecule has 0 aromatic heterocycles. The molecule has 1 aromatic rings. The maximum Gasteiger partial charge on any atom is 0.224 e. The van der Waals surface area contributed by atoms with Crippen LogP contribution in [0.1, 0.15) is 54.3 Å². The Kier molecular flexibility index (Phi) is 5.32. The molecular formula is C19H22FNO3. The van der Waals surface area contributed by atoms with Crippen LogP contribution in [-0.4, -0.2) is 17.5 Å². The normalized spacial score (nSPS) is 20.2. The molecule has 24 heavy (non-hydrogen) atoms. The van der Waals surface area contributed by atoms with Gasteiger partial charge in [0.15, 0.2) is 11.6 Å². The summed E-state index contributed by atoms with van der Waals surface area (Å²) in [5.41, 5.74) is 0.578. The van der Waals surface area contributed by atoms with Crippen LogP contribution < -0.4 is 5.32 Å². The highest BCUT2D eigenvalue weighted by atomic mass is 19.1. The fraction of sp³-hybridized carbons (Fsp3) is 0.421. The number of rotatable bonds is 5. The predicted molar refractivity (Wildman–Crippen MR) is 89.1 cm³/mol. The number of hydrogen-bond donors (Lipinski definition) is 1. The molecule has 0 aliphatic carbocycles. The number of benzene rings is 1. The van der Waals surface area contributed by atoms with E-state index in [-0.39, 0.29) is 34.7 Å². The van der Waals surface area contributed by atoms with Gasteiger partial charge < -0.3 is 5.32 Å². The average Bonchev–Trinajstić information content (AvgIpc) is 2.52. The molecule has 4 nitrogen and oxygen atoms in total. The summed E-state index contributed by atoms with van der Waals surface area (Å²) in [5.74, 6) is -2.01. The molecule has 2 rings (SSSR count). The van der Waals surface area contributed by atoms with Crippen LogP contribution in [0.2, 0.25) is 0 Å². The number of allylic oxidation sites excluding steroid dienone is 1. The molecular weight excluding hydrogens is 309 g/mol. The highest BCUT2D eigenvalue weighted by Crippen LogP contribution is 2.33. The standard InChI is InChI=1S/C19H22FNO3/c1-10(14-8-9-17(23)21-12(14)3)11(2)19(24)15-6-5-7-16(20)18(15)13(4)22/h5-7,10-11,14H,3,8-9H2,1-2,4H3,(H,21,23). The van der Waals surface area contributed by atoms with Gasteiger partial charge in [0.05, 0.1) is 5.56 Å². The van der Waals surface area contributed by atoms with Crippen molar-refractivity contribution < 1.29 is 18.8 Å². The first-order valence-corrected chi connectivity index (χ1v) is 8.06. The highest BCUT2D eigenvalue weighted by Gasteiger charge is 2.34. The third kappa shape index (κ3) is 3.45. The van der Waals surface area contributed by atoms with Crippen molar-refractivity contribution in [3.63, 3.8) is 0 Å². The van der Waals surface area contributed by atoms with Crippen LogP contribution >= 0.6 is 0 Å². The molecule has 0 spiro atoms. The van der Waals surface area contributed by atoms with Gasteiger partial charge in [-0.05, 0) is 25.3 Å². The smallest absolute Gasteiger partial charge is 0.224 e. The molecule has 0 radical (unpaired) electrons. The number of piperidine rings is 1. The summed E-state index contributed by atoms with van der Waals surface area (Å²) in [7, 11) is 0. The minimum Gasteiger partial charge on any atom is -0.330 e. The van der Waals surface area contributed by atoms with E-state index in [1.54, 1.807) is 6.92 Å². The largest absolute Gasteiger partial charge is 0.330 e. The van der Waals surface area contributed by atoms with Crippen molar-refractivity contribution in [3.05, 3.63) is 47.4 Å². The first-order chi connectivity index (χ1) is 11.2. The minimum atomic E-state index is -0.678. The Morgan fingerprint density at radius 2 is 2.00 bits per heavy atom. The van der Waals surface area contributed by atoms with E-state index < -0.39 is 17.5 Å². The van der Waals surface area contributed by atoms with Gasteiger partial charge in [-0.1, -0.05) is 32.6 Å². The summed E-state index contributed by atoms with van der Waals surface area (Å²) in [6, 6.07) is 4.11. The summed E-state index contributed by atoms with van der Waals surface area (Å²) < 4.78 is 14.0. The molecule has 3 atom stereocenters. The van der Waals surface area contributed by atoms with E-state index in [0.29, 0.717) is 18.5 Å². The van der Waals surface area contributed by atoms with Crippen molar-refractivity contribution >= 4 is 17.5 Å². The molecule has 1 fully saturated rings. The van der Waals surface area contributed by atoms with Gasteiger partial charge in [-0.25, -0.2) is 4.39 Å². The molecule has 1 aliphatic rings. The molecule has 1 aliphatic heterocycles. The molecule has 128 valence electrons. The lowest BCUT2D eigenvalue weighted by molar-refractivity contribution is -0.122. The van der Waals surface area contributed by atoms with Gasteiger partial charge in [0.25, 0.3) is 0 Å². The quantitative estimate of drug-likeness (QED) is 0.840. The van der Waals surface area contributed by atoms with Crippen molar-refractivity contribution in [1.29, 1.82) is 0 Å². The molecule has 1 amide bonds. The van der Waals surface area contributed by atoms with Crippen LogP contribution in [0.4, 0.5) is 4.39 Å². The Hall–Kier alpha value is -2.30. The predicted octanol–water partition coefficient (Wildman–Crippen LogP) is 3.52. The number of Topliss-reactive ketones (excluding diaryl/α,β-unsaturated/α-hetero) is 2. The molecule has 1 aromatic carbocycles. The van der Waals surface area contributed by atoms with Crippen molar-refractivity contribution in [2.45, 2.75) is 33.6 Å². The Bertz CT molecular complexity index is 711. The van der Waals surface area contributed by atoms with Crippen LogP contribution in [0.3, 0.4) is 0 Å². The van der Waals surface area contributed by atoms with Crippen LogP contribution in [0, 0.1) is 23.6 Å². The van der Waals surface area contributed by atoms with Gasteiger partial charge in [0, 0.05) is 29.5 Å². The van der Waals surface area contributed by atoms with Gasteiger partial charge in [-0.3, -0.25) is 14.4 Å². The summed E-state index contributed by atoms with van der Waals surface area (Å²) in [6.07, 6.45) is 1.03. The number of hydrogen-bond acceptors (Lipinski definition) is 3. The number of nitrogens with one attached hydrogen (secondary N) is 1. The topological polar surface area (TPSA) is 63.2 Å². The van der Waals surface area contributed by atoms with E-state index >= 15 is 0 Å². The fourth-order valence-corrected chi connectivity index (χ4v) is 3.30. The second-order valence-electron chi connectivity index (χ2n) is 6.45. The Labute approximate surface area is 141 Å². The fourth-order valence-electron chi connectivity index (χ4n) is 3.30. The van der Waals surface area contributed by atoms with Gasteiger partial charge >= 0.3 is 0 Å². The lowest BCUT2D eigenvalue weighted by Gasteiger charge is -2.33. The zero-order valence-electron chi connectivity index (χ0n) is 14.2. The summed E-state index contributed by atoms with van der Waals surface area (Å²) in [5, 5.41) is 2.72. The van der Waals surface area contributed by atoms with E-state index in [4.69, 9.17) is 0 Å². The molecule has 1 heterocycles. The van der Waals surface area contributed by atoms with Crippen LogP contribution in [0.15, 0.2) is 30.5 Å². The summed E-state index contributed by atoms with van der Waals surface area (Å²) in [6.45, 7) is 8.82. The number of amides is 1. The van der Waals surface area contributed by atoms with E-state index in [1.807, 2.05) is 6.92 Å². The number of ketones is 2. The van der Waals surface area contributed by atoms with Gasteiger partial charge in [0.1, 0.15) is 5.82 Å². The Morgan fingerprint density at radius 3 is 2.58 bits per heavy atom. The average molecular weight is 331 g/mol. The maximum absolute atomic E-state index is 14.0. The second kappa shape index (κ2) is 7.07.